The molecule has 0 amide bonds. The Morgan fingerprint density at radius 2 is 1.52 bits per heavy atom. The quantitative estimate of drug-likeness (QED) is 0.208. The molecule has 0 bridgehead atoms. The molecule has 3 rings (SSSR count). The largest absolute Gasteiger partial charge is 0.434 e. The number of nitrogens with two attached hydrogens (primary N) is 2. The summed E-state index contributed by atoms with van der Waals surface area (Å²) in [7, 11) is 0. The molecule has 3 aromatic carbocycles. The Morgan fingerprint density at radius 3 is 2.22 bits per heavy atom. The number of nitrogen functional groups attached to an aromatic ring is 1. The molecule has 5 N–H and O–H groups in total. The van der Waals surface area contributed by atoms with Crippen LogP contribution in [-0.2, 0) is 0 Å². The van der Waals surface area contributed by atoms with Crippen molar-refractivity contribution in [2.45, 2.75) is 6.61 Å². The van der Waals surface area contributed by atoms with E-state index in [-0.39, 0.29) is 5.75 Å². The molecule has 0 heterocycles. The van der Waals surface area contributed by atoms with Crippen LogP contribution in [0.15, 0.2) is 77.8 Å². The first kappa shape index (κ1) is 18.3. The highest BCUT2D eigenvalue weighted by Gasteiger charge is 2.16. The zero-order chi connectivity index (χ0) is 19.2. The van der Waals surface area contributed by atoms with Crippen LogP contribution >= 0.6 is 0 Å². The van der Waals surface area contributed by atoms with Crippen LogP contribution in [0.5, 0.6) is 5.75 Å². The monoisotopic (exact) mass is 368 g/mol. The van der Waals surface area contributed by atoms with Crippen molar-refractivity contribution in [1.82, 2.24) is 5.43 Å². The Labute approximate surface area is 155 Å². The number of halogens is 2. The van der Waals surface area contributed by atoms with Crippen LogP contribution in [0.4, 0.5) is 20.2 Å². The van der Waals surface area contributed by atoms with Gasteiger partial charge in [-0.1, -0.05) is 54.6 Å². The molecular weight excluding hydrogens is 350 g/mol. The molecule has 0 unspecified atom stereocenters. The second-order valence-electron chi connectivity index (χ2n) is 5.58. The van der Waals surface area contributed by atoms with E-state index in [2.05, 4.69) is 15.2 Å². The van der Waals surface area contributed by atoms with Gasteiger partial charge in [0.15, 0.2) is 0 Å². The van der Waals surface area contributed by atoms with Crippen LogP contribution < -0.4 is 21.7 Å². The number of rotatable bonds is 5. The van der Waals surface area contributed by atoms with Crippen LogP contribution in [0.2, 0.25) is 0 Å². The van der Waals surface area contributed by atoms with Crippen molar-refractivity contribution in [3.05, 3.63) is 78.4 Å². The minimum Gasteiger partial charge on any atom is -0.434 e. The topological polar surface area (TPSA) is 85.7 Å². The maximum absolute atomic E-state index is 12.8. The molecule has 7 heteroatoms. The van der Waals surface area contributed by atoms with Gasteiger partial charge < -0.3 is 15.9 Å². The van der Waals surface area contributed by atoms with Crippen molar-refractivity contribution < 1.29 is 13.5 Å². The normalized spacial score (nSPS) is 11.5. The van der Waals surface area contributed by atoms with E-state index in [1.807, 2.05) is 0 Å². The van der Waals surface area contributed by atoms with Gasteiger partial charge in [0.05, 0.1) is 11.4 Å². The highest BCUT2D eigenvalue weighted by molar-refractivity contribution is 6.06. The molecule has 0 aliphatic heterocycles. The van der Waals surface area contributed by atoms with Gasteiger partial charge in [-0.3, -0.25) is 0 Å². The smallest absolute Gasteiger partial charge is 0.387 e. The number of anilines is 1. The molecule has 27 heavy (non-hydrogen) atoms. The van der Waals surface area contributed by atoms with Crippen molar-refractivity contribution in [2.75, 3.05) is 5.73 Å². The average molecular weight is 368 g/mol. The fourth-order valence-corrected chi connectivity index (χ4v) is 2.69. The number of hydrazine groups is 1. The lowest BCUT2D eigenvalue weighted by Gasteiger charge is -2.15. The number of nitrogens with one attached hydrogen (secondary N) is 1. The summed E-state index contributed by atoms with van der Waals surface area (Å²) in [5.74, 6) is 6.10. The van der Waals surface area contributed by atoms with Crippen LogP contribution in [0, 0.1) is 0 Å². The molecule has 0 aliphatic carbocycles. The Morgan fingerprint density at radius 1 is 0.889 bits per heavy atom. The van der Waals surface area contributed by atoms with Crippen LogP contribution in [-0.4, -0.2) is 12.4 Å². The summed E-state index contributed by atoms with van der Waals surface area (Å²) in [6, 6.07) is 20.8. The van der Waals surface area contributed by atoms with Crippen molar-refractivity contribution in [2.24, 2.45) is 10.8 Å². The Bertz CT molecular complexity index is 960. The maximum Gasteiger partial charge on any atom is 0.387 e. The van der Waals surface area contributed by atoms with Crippen molar-refractivity contribution in [3.8, 4) is 16.9 Å². The molecule has 0 spiro atoms. The molecule has 0 atom stereocenters. The molecule has 138 valence electrons. The van der Waals surface area contributed by atoms with Gasteiger partial charge in [-0.05, 0) is 23.8 Å². The van der Waals surface area contributed by atoms with E-state index >= 15 is 0 Å². The number of alkyl halides is 2. The van der Waals surface area contributed by atoms with Gasteiger partial charge in [0.1, 0.15) is 11.6 Å². The number of hydrogen-bond acceptors (Lipinski definition) is 4. The van der Waals surface area contributed by atoms with Gasteiger partial charge in [0, 0.05) is 11.1 Å². The lowest BCUT2D eigenvalue weighted by atomic mass is 9.98. The second-order valence-corrected chi connectivity index (χ2v) is 5.58. The van der Waals surface area contributed by atoms with E-state index in [0.717, 1.165) is 0 Å². The first-order valence-electron chi connectivity index (χ1n) is 8.13. The van der Waals surface area contributed by atoms with Gasteiger partial charge >= 0.3 is 6.61 Å². The molecular formula is C20H18F2N4O. The Hall–Kier alpha value is -3.45. The van der Waals surface area contributed by atoms with Crippen molar-refractivity contribution in [1.29, 1.82) is 0 Å². The maximum atomic E-state index is 12.8. The zero-order valence-electron chi connectivity index (χ0n) is 14.3. The number of hydrogen-bond donors (Lipinski definition) is 3. The summed E-state index contributed by atoms with van der Waals surface area (Å²) in [6.07, 6.45) is 0. The van der Waals surface area contributed by atoms with Gasteiger partial charge in [-0.25, -0.2) is 10.8 Å². The third kappa shape index (κ3) is 4.21. The van der Waals surface area contributed by atoms with Crippen LogP contribution in [0.1, 0.15) is 5.56 Å². The second kappa shape index (κ2) is 8.29. The third-order valence-corrected chi connectivity index (χ3v) is 3.88. The van der Waals surface area contributed by atoms with Crippen LogP contribution in [0.3, 0.4) is 0 Å². The number of benzene rings is 3. The number of ether oxygens (including phenoxy) is 1. The van der Waals surface area contributed by atoms with Gasteiger partial charge in [0.25, 0.3) is 0 Å². The first-order valence-corrected chi connectivity index (χ1v) is 8.13. The summed E-state index contributed by atoms with van der Waals surface area (Å²) in [6.45, 7) is -2.93. The molecule has 0 aliphatic rings. The van der Waals surface area contributed by atoms with Crippen molar-refractivity contribution in [3.63, 3.8) is 0 Å². The highest BCUT2D eigenvalue weighted by Crippen LogP contribution is 2.34. The fourth-order valence-electron chi connectivity index (χ4n) is 2.69. The van der Waals surface area contributed by atoms with E-state index in [1.165, 1.54) is 6.07 Å². The SMILES string of the molecule is NNC(=Nc1ccccc1N)c1ccccc1-c1ccccc1OC(F)F. The Kier molecular flexibility index (Phi) is 5.63. The standard InChI is InChI=1S/C20H18F2N4O/c21-20(22)27-18-12-6-3-8-14(18)13-7-1-2-9-15(13)19(26-24)25-17-11-5-4-10-16(17)23/h1-12,20H,23-24H2,(H,25,26). The lowest BCUT2D eigenvalue weighted by molar-refractivity contribution is -0.0494. The highest BCUT2D eigenvalue weighted by atomic mass is 19.3. The molecule has 0 saturated carbocycles. The van der Waals surface area contributed by atoms with E-state index < -0.39 is 6.61 Å². The minimum atomic E-state index is -2.93. The summed E-state index contributed by atoms with van der Waals surface area (Å²) >= 11 is 0. The molecule has 0 fully saturated rings. The van der Waals surface area contributed by atoms with Gasteiger partial charge in [-0.2, -0.15) is 8.78 Å². The predicted molar refractivity (Wildman–Crippen MR) is 103 cm³/mol. The van der Waals surface area contributed by atoms with Crippen LogP contribution in [0.25, 0.3) is 11.1 Å². The van der Waals surface area contributed by atoms with E-state index in [0.29, 0.717) is 33.9 Å². The number of amidine groups is 1. The predicted octanol–water partition coefficient (Wildman–Crippen LogP) is 4.08. The number of para-hydroxylation sites is 3. The van der Waals surface area contributed by atoms with Gasteiger partial charge in [0.2, 0.25) is 0 Å². The summed E-state index contributed by atoms with van der Waals surface area (Å²) < 4.78 is 30.2. The minimum absolute atomic E-state index is 0.0653. The van der Waals surface area contributed by atoms with Crippen molar-refractivity contribution >= 4 is 17.2 Å². The molecule has 0 aromatic heterocycles. The summed E-state index contributed by atoms with van der Waals surface area (Å²) in [5, 5.41) is 0. The fraction of sp³-hybridized carbons (Fsp3) is 0.0500. The zero-order valence-corrected chi connectivity index (χ0v) is 14.3. The van der Waals surface area contributed by atoms with Gasteiger partial charge in [-0.15, -0.1) is 0 Å². The number of aliphatic imine (C=N–C) groups is 1. The summed E-state index contributed by atoms with van der Waals surface area (Å²) in [5.41, 5.74) is 11.3. The molecule has 5 nitrogen and oxygen atoms in total. The average Bonchev–Trinajstić information content (AvgIpc) is 2.67. The van der Waals surface area contributed by atoms with E-state index in [9.17, 15) is 8.78 Å². The Balaban J connectivity index is 2.13. The molecule has 0 radical (unpaired) electrons. The first-order chi connectivity index (χ1) is 13.1. The summed E-state index contributed by atoms with van der Waals surface area (Å²) in [4.78, 5) is 4.49. The third-order valence-electron chi connectivity index (χ3n) is 3.88. The van der Waals surface area contributed by atoms with E-state index in [1.54, 1.807) is 66.7 Å². The molecule has 0 saturated heterocycles. The number of nitrogens with zero attached hydrogens (tertiary/aromatic N) is 1. The molecule has 3 aromatic rings. The lowest BCUT2D eigenvalue weighted by Crippen LogP contribution is -2.31. The van der Waals surface area contributed by atoms with E-state index in [4.69, 9.17) is 11.6 Å².